The van der Waals surface area contributed by atoms with Crippen molar-refractivity contribution in [2.24, 2.45) is 17.8 Å². The maximum absolute atomic E-state index is 12.9. The van der Waals surface area contributed by atoms with Gasteiger partial charge in [-0.1, -0.05) is 298 Å². The van der Waals surface area contributed by atoms with Gasteiger partial charge in [-0.05, 0) is 37.0 Å². The zero-order valence-corrected chi connectivity index (χ0v) is 46.2. The second-order valence-electron chi connectivity index (χ2n) is 22.2. The van der Waals surface area contributed by atoms with E-state index in [1.165, 1.54) is 218 Å². The van der Waals surface area contributed by atoms with Gasteiger partial charge in [-0.2, -0.15) is 0 Å². The van der Waals surface area contributed by atoms with Crippen LogP contribution < -0.4 is 0 Å². The smallest absolute Gasteiger partial charge is 0.306 e. The Kier molecular flexibility index (Phi) is 51.0. The van der Waals surface area contributed by atoms with Crippen LogP contribution in [-0.2, 0) is 28.6 Å². The van der Waals surface area contributed by atoms with Crippen LogP contribution in [0.25, 0.3) is 0 Å². The molecule has 0 aromatic rings. The Morgan fingerprint density at radius 3 is 0.776 bits per heavy atom. The molecule has 0 saturated carbocycles. The third kappa shape index (κ3) is 53.6. The number of carbonyl (C=O) groups excluding carboxylic acids is 3. The van der Waals surface area contributed by atoms with E-state index in [9.17, 15) is 14.4 Å². The molecule has 0 heterocycles. The summed E-state index contributed by atoms with van der Waals surface area (Å²) in [4.78, 5) is 38.2. The summed E-state index contributed by atoms with van der Waals surface area (Å²) < 4.78 is 16.9. The number of rotatable bonds is 54. The van der Waals surface area contributed by atoms with E-state index in [2.05, 4.69) is 41.5 Å². The van der Waals surface area contributed by atoms with Gasteiger partial charge in [0.25, 0.3) is 0 Å². The minimum atomic E-state index is -0.764. The van der Waals surface area contributed by atoms with E-state index in [1.807, 2.05) is 0 Å². The van der Waals surface area contributed by atoms with Gasteiger partial charge in [-0.25, -0.2) is 0 Å². The normalized spacial score (nSPS) is 12.5. The Bertz CT molecular complexity index is 1040. The van der Waals surface area contributed by atoms with Gasteiger partial charge in [0, 0.05) is 19.3 Å². The first-order valence-electron chi connectivity index (χ1n) is 30.1. The molecule has 0 rings (SSSR count). The predicted octanol–water partition coefficient (Wildman–Crippen LogP) is 19.9. The van der Waals surface area contributed by atoms with Crippen LogP contribution in [0, 0.1) is 17.8 Å². The molecule has 0 aromatic heterocycles. The molecular formula is C61H118O6. The van der Waals surface area contributed by atoms with Gasteiger partial charge in [0.1, 0.15) is 13.2 Å². The Morgan fingerprint density at radius 1 is 0.299 bits per heavy atom. The van der Waals surface area contributed by atoms with Gasteiger partial charge in [0.05, 0.1) is 0 Å². The van der Waals surface area contributed by atoms with Crippen molar-refractivity contribution in [3.05, 3.63) is 0 Å². The molecule has 0 aliphatic carbocycles. The molecule has 0 N–H and O–H groups in total. The Balaban J connectivity index is 4.29. The maximum Gasteiger partial charge on any atom is 0.306 e. The van der Waals surface area contributed by atoms with Gasteiger partial charge >= 0.3 is 17.9 Å². The Labute approximate surface area is 418 Å². The maximum atomic E-state index is 12.9. The summed E-state index contributed by atoms with van der Waals surface area (Å²) in [6.07, 6.45) is 55.2. The summed E-state index contributed by atoms with van der Waals surface area (Å²) in [6.45, 7) is 13.8. The largest absolute Gasteiger partial charge is 0.462 e. The van der Waals surface area contributed by atoms with E-state index >= 15 is 0 Å². The first-order chi connectivity index (χ1) is 32.6. The van der Waals surface area contributed by atoms with E-state index in [-0.39, 0.29) is 31.1 Å². The molecule has 398 valence electrons. The van der Waals surface area contributed by atoms with Crippen molar-refractivity contribution in [1.29, 1.82) is 0 Å². The Hall–Kier alpha value is -1.59. The molecule has 67 heavy (non-hydrogen) atoms. The van der Waals surface area contributed by atoms with Gasteiger partial charge in [0.2, 0.25) is 0 Å². The van der Waals surface area contributed by atoms with Crippen molar-refractivity contribution in [1.82, 2.24) is 0 Å². The summed E-state index contributed by atoms with van der Waals surface area (Å²) in [7, 11) is 0. The number of hydrogen-bond donors (Lipinski definition) is 0. The van der Waals surface area contributed by atoms with E-state index in [1.54, 1.807) is 0 Å². The number of esters is 3. The quantitative estimate of drug-likeness (QED) is 0.0343. The second-order valence-corrected chi connectivity index (χ2v) is 22.2. The van der Waals surface area contributed by atoms with Crippen LogP contribution in [0.1, 0.15) is 337 Å². The molecule has 0 amide bonds. The fraction of sp³-hybridized carbons (Fsp3) is 0.951. The molecule has 0 fully saturated rings. The molecule has 0 aromatic carbocycles. The predicted molar refractivity (Wildman–Crippen MR) is 289 cm³/mol. The van der Waals surface area contributed by atoms with Gasteiger partial charge < -0.3 is 14.2 Å². The summed E-state index contributed by atoms with van der Waals surface area (Å²) in [5, 5.41) is 0. The standard InChI is InChI=1S/C61H118O6/c1-7-57(6)49-43-37-31-25-18-14-11-12-16-20-28-34-40-46-52-61(64)67-58(54-66-60(63)51-45-39-33-27-22-21-24-30-36-42-48-56(4)5)53-65-59(62)50-44-38-32-26-19-15-10-8-9-13-17-23-29-35-41-47-55(2)3/h55-58H,7-54H2,1-6H3/t57?,58-/m0/s1. The van der Waals surface area contributed by atoms with Crippen LogP contribution in [0.15, 0.2) is 0 Å². The lowest BCUT2D eigenvalue weighted by Gasteiger charge is -2.18. The van der Waals surface area contributed by atoms with Gasteiger partial charge in [-0.15, -0.1) is 0 Å². The molecule has 0 bridgehead atoms. The molecule has 1 unspecified atom stereocenters. The summed E-state index contributed by atoms with van der Waals surface area (Å²) >= 11 is 0. The average Bonchev–Trinajstić information content (AvgIpc) is 3.30. The lowest BCUT2D eigenvalue weighted by Crippen LogP contribution is -2.30. The van der Waals surface area contributed by atoms with Gasteiger partial charge in [-0.3, -0.25) is 14.4 Å². The van der Waals surface area contributed by atoms with Crippen LogP contribution in [0.5, 0.6) is 0 Å². The molecule has 2 atom stereocenters. The fourth-order valence-corrected chi connectivity index (χ4v) is 9.32. The summed E-state index contributed by atoms with van der Waals surface area (Å²) in [6, 6.07) is 0. The number of hydrogen-bond acceptors (Lipinski definition) is 6. The van der Waals surface area contributed by atoms with Crippen molar-refractivity contribution < 1.29 is 28.6 Å². The van der Waals surface area contributed by atoms with E-state index in [0.717, 1.165) is 75.5 Å². The van der Waals surface area contributed by atoms with E-state index in [4.69, 9.17) is 14.2 Å². The minimum absolute atomic E-state index is 0.0632. The Morgan fingerprint density at radius 2 is 0.522 bits per heavy atom. The van der Waals surface area contributed by atoms with Crippen molar-refractivity contribution in [3.8, 4) is 0 Å². The van der Waals surface area contributed by atoms with Crippen LogP contribution in [0.2, 0.25) is 0 Å². The average molecular weight is 948 g/mol. The van der Waals surface area contributed by atoms with Crippen LogP contribution in [-0.4, -0.2) is 37.2 Å². The van der Waals surface area contributed by atoms with Crippen LogP contribution >= 0.6 is 0 Å². The monoisotopic (exact) mass is 947 g/mol. The molecule has 0 saturated heterocycles. The third-order valence-corrected chi connectivity index (χ3v) is 14.3. The lowest BCUT2D eigenvalue weighted by molar-refractivity contribution is -0.167. The number of carbonyl (C=O) groups is 3. The zero-order valence-electron chi connectivity index (χ0n) is 46.2. The van der Waals surface area contributed by atoms with Crippen molar-refractivity contribution >= 4 is 17.9 Å². The first kappa shape index (κ1) is 65.4. The van der Waals surface area contributed by atoms with Crippen molar-refractivity contribution in [3.63, 3.8) is 0 Å². The topological polar surface area (TPSA) is 78.9 Å². The zero-order chi connectivity index (χ0) is 49.1. The molecule has 0 aliphatic heterocycles. The number of ether oxygens (including phenoxy) is 3. The molecule has 6 nitrogen and oxygen atoms in total. The van der Waals surface area contributed by atoms with Crippen molar-refractivity contribution in [2.75, 3.05) is 13.2 Å². The van der Waals surface area contributed by atoms with Gasteiger partial charge in [0.15, 0.2) is 6.10 Å². The highest BCUT2D eigenvalue weighted by molar-refractivity contribution is 5.71. The fourth-order valence-electron chi connectivity index (χ4n) is 9.32. The first-order valence-corrected chi connectivity index (χ1v) is 30.1. The molecule has 0 aliphatic rings. The highest BCUT2D eigenvalue weighted by Gasteiger charge is 2.19. The molecule has 0 radical (unpaired) electrons. The molecular weight excluding hydrogens is 829 g/mol. The summed E-state index contributed by atoms with van der Waals surface area (Å²) in [5.41, 5.74) is 0. The third-order valence-electron chi connectivity index (χ3n) is 14.3. The van der Waals surface area contributed by atoms with E-state index in [0.29, 0.717) is 19.3 Å². The van der Waals surface area contributed by atoms with Crippen LogP contribution in [0.4, 0.5) is 0 Å². The van der Waals surface area contributed by atoms with Crippen LogP contribution in [0.3, 0.4) is 0 Å². The summed E-state index contributed by atoms with van der Waals surface area (Å²) in [5.74, 6) is 1.72. The SMILES string of the molecule is CCC(C)CCCCCCCCCCCCCCCCC(=O)O[C@@H](COC(=O)CCCCCCCCCCCCCCCCCC(C)C)COC(=O)CCCCCCCCCCCCC(C)C. The number of unbranched alkanes of at least 4 members (excludes halogenated alkanes) is 36. The highest BCUT2D eigenvalue weighted by Crippen LogP contribution is 2.19. The van der Waals surface area contributed by atoms with E-state index < -0.39 is 6.10 Å². The second kappa shape index (κ2) is 52.2. The lowest BCUT2D eigenvalue weighted by atomic mass is 9.99. The van der Waals surface area contributed by atoms with Crippen molar-refractivity contribution in [2.45, 2.75) is 343 Å². The minimum Gasteiger partial charge on any atom is -0.462 e. The molecule has 6 heteroatoms. The molecule has 0 spiro atoms. The highest BCUT2D eigenvalue weighted by atomic mass is 16.6.